The van der Waals surface area contributed by atoms with E-state index in [0.29, 0.717) is 6.61 Å². The molecule has 0 aliphatic rings. The monoisotopic (exact) mass is 462 g/mol. The van der Waals surface area contributed by atoms with Gasteiger partial charge in [0.25, 0.3) is 0 Å². The third kappa shape index (κ3) is 6.06. The maximum atomic E-state index is 10.3. The van der Waals surface area contributed by atoms with Crippen molar-refractivity contribution in [2.24, 2.45) is 0 Å². The lowest BCUT2D eigenvalue weighted by Gasteiger charge is -2.27. The molecule has 2 unspecified atom stereocenters. The summed E-state index contributed by atoms with van der Waals surface area (Å²) in [5, 5.41) is 29.2. The van der Waals surface area contributed by atoms with E-state index in [1.165, 1.54) is 11.1 Å². The van der Waals surface area contributed by atoms with Gasteiger partial charge in [-0.15, -0.1) is 0 Å². The van der Waals surface area contributed by atoms with Crippen LogP contribution in [0.4, 0.5) is 0 Å². The molecule has 0 amide bonds. The van der Waals surface area contributed by atoms with Gasteiger partial charge in [0, 0.05) is 5.92 Å². The van der Waals surface area contributed by atoms with Crippen LogP contribution in [0.2, 0.25) is 0 Å². The largest absolute Gasteiger partial charge is 0.489 e. The Morgan fingerprint density at radius 1 is 0.882 bits per heavy atom. The molecule has 0 bridgehead atoms. The second-order valence-corrected chi connectivity index (χ2v) is 10.0. The molecule has 0 spiro atoms. The topological polar surface area (TPSA) is 69.9 Å². The van der Waals surface area contributed by atoms with E-state index in [4.69, 9.17) is 4.74 Å². The van der Waals surface area contributed by atoms with Crippen molar-refractivity contribution in [3.8, 4) is 16.9 Å². The molecule has 3 N–H and O–H groups in total. The Hall–Kier alpha value is -2.66. The van der Waals surface area contributed by atoms with Crippen molar-refractivity contribution in [3.63, 3.8) is 0 Å². The average Bonchev–Trinajstić information content (AvgIpc) is 2.82. The summed E-state index contributed by atoms with van der Waals surface area (Å²) in [5.41, 5.74) is 6.99. The zero-order valence-corrected chi connectivity index (χ0v) is 21.0. The minimum Gasteiger partial charge on any atom is -0.489 e. The van der Waals surface area contributed by atoms with Gasteiger partial charge in [-0.2, -0.15) is 0 Å². The molecule has 0 aromatic heterocycles. The molecular weight excluding hydrogens is 424 g/mol. The molecule has 0 aliphatic carbocycles. The number of aliphatic hydroxyl groups is 3. The Morgan fingerprint density at radius 3 is 2.24 bits per heavy atom. The van der Waals surface area contributed by atoms with Crippen LogP contribution in [0.3, 0.4) is 0 Å². The first kappa shape index (κ1) is 26.0. The first-order valence-corrected chi connectivity index (χ1v) is 12.1. The van der Waals surface area contributed by atoms with Crippen molar-refractivity contribution < 1.29 is 20.1 Å². The summed E-state index contributed by atoms with van der Waals surface area (Å²) in [6.07, 6.45) is 0.500. The summed E-state index contributed by atoms with van der Waals surface area (Å²) >= 11 is 0. The van der Waals surface area contributed by atoms with Crippen molar-refractivity contribution >= 4 is 0 Å². The van der Waals surface area contributed by atoms with Crippen LogP contribution in [0, 0.1) is 0 Å². The smallest absolute Gasteiger partial charge is 0.120 e. The SMILES string of the molecule is CCC(c1ccc(-c2cccc(OCc3ccc(CO)c(CO)c3)c2)c(C(C)(C)C)c1)C(C)O. The highest BCUT2D eigenvalue weighted by Crippen LogP contribution is 2.37. The van der Waals surface area contributed by atoms with Gasteiger partial charge < -0.3 is 20.1 Å². The van der Waals surface area contributed by atoms with Crippen molar-refractivity contribution in [1.82, 2.24) is 0 Å². The van der Waals surface area contributed by atoms with E-state index in [2.05, 4.69) is 58.0 Å². The van der Waals surface area contributed by atoms with Crippen LogP contribution in [0.1, 0.15) is 74.8 Å². The molecular formula is C30H38O4. The van der Waals surface area contributed by atoms with E-state index in [9.17, 15) is 15.3 Å². The van der Waals surface area contributed by atoms with Gasteiger partial charge in [0.15, 0.2) is 0 Å². The molecule has 0 aliphatic heterocycles. The third-order valence-electron chi connectivity index (χ3n) is 6.46. The number of aliphatic hydroxyl groups excluding tert-OH is 3. The van der Waals surface area contributed by atoms with Crippen molar-refractivity contribution in [2.75, 3.05) is 0 Å². The fourth-order valence-corrected chi connectivity index (χ4v) is 4.51. The van der Waals surface area contributed by atoms with Gasteiger partial charge in [-0.3, -0.25) is 0 Å². The molecule has 4 nitrogen and oxygen atoms in total. The Labute approximate surface area is 203 Å². The fourth-order valence-electron chi connectivity index (χ4n) is 4.51. The Balaban J connectivity index is 1.90. The van der Waals surface area contributed by atoms with E-state index in [1.807, 2.05) is 37.3 Å². The number of rotatable bonds is 9. The molecule has 3 aromatic carbocycles. The van der Waals surface area contributed by atoms with E-state index < -0.39 is 6.10 Å². The standard InChI is InChI=1S/C30H38O4/c1-6-27(20(2)33)23-12-13-28(29(16-23)30(3,4)5)22-8-7-9-26(15-22)34-19-21-10-11-24(17-31)25(14-21)18-32/h7-16,20,27,31-33H,6,17-19H2,1-5H3. The molecule has 3 aromatic rings. The first-order valence-electron chi connectivity index (χ1n) is 12.1. The molecule has 0 heterocycles. The van der Waals surface area contributed by atoms with Gasteiger partial charge in [0.05, 0.1) is 19.3 Å². The van der Waals surface area contributed by atoms with Gasteiger partial charge in [-0.05, 0) is 75.9 Å². The average molecular weight is 463 g/mol. The van der Waals surface area contributed by atoms with Crippen LogP contribution in [-0.2, 0) is 25.2 Å². The van der Waals surface area contributed by atoms with Gasteiger partial charge >= 0.3 is 0 Å². The third-order valence-corrected chi connectivity index (χ3v) is 6.46. The van der Waals surface area contributed by atoms with E-state index in [-0.39, 0.29) is 24.5 Å². The van der Waals surface area contributed by atoms with Crippen LogP contribution >= 0.6 is 0 Å². The molecule has 3 rings (SSSR count). The van der Waals surface area contributed by atoms with Crippen molar-refractivity contribution in [1.29, 1.82) is 0 Å². The second-order valence-electron chi connectivity index (χ2n) is 10.0. The van der Waals surface area contributed by atoms with Gasteiger partial charge in [0.2, 0.25) is 0 Å². The summed E-state index contributed by atoms with van der Waals surface area (Å²) in [6, 6.07) is 20.3. The minimum atomic E-state index is -0.391. The van der Waals surface area contributed by atoms with E-state index >= 15 is 0 Å². The Kier molecular flexibility index (Phi) is 8.53. The highest BCUT2D eigenvalue weighted by Gasteiger charge is 2.23. The number of hydrogen-bond donors (Lipinski definition) is 3. The molecule has 4 heteroatoms. The normalized spacial score (nSPS) is 13.5. The lowest BCUT2D eigenvalue weighted by Crippen LogP contribution is -2.17. The summed E-state index contributed by atoms with van der Waals surface area (Å²) in [5.74, 6) is 0.888. The van der Waals surface area contributed by atoms with Crippen molar-refractivity contribution in [2.45, 2.75) is 78.3 Å². The molecule has 182 valence electrons. The van der Waals surface area contributed by atoms with Gasteiger partial charge in [0.1, 0.15) is 12.4 Å². The van der Waals surface area contributed by atoms with Crippen molar-refractivity contribution in [3.05, 3.63) is 88.5 Å². The maximum absolute atomic E-state index is 10.3. The lowest BCUT2D eigenvalue weighted by molar-refractivity contribution is 0.159. The van der Waals surface area contributed by atoms with Crippen LogP contribution in [0.5, 0.6) is 5.75 Å². The van der Waals surface area contributed by atoms with Crippen LogP contribution in [0.15, 0.2) is 60.7 Å². The van der Waals surface area contributed by atoms with Crippen LogP contribution in [0.25, 0.3) is 11.1 Å². The second kappa shape index (κ2) is 11.2. The maximum Gasteiger partial charge on any atom is 0.120 e. The molecule has 2 atom stereocenters. The predicted molar refractivity (Wildman–Crippen MR) is 138 cm³/mol. The van der Waals surface area contributed by atoms with Gasteiger partial charge in [-0.1, -0.05) is 70.2 Å². The van der Waals surface area contributed by atoms with Crippen LogP contribution in [-0.4, -0.2) is 21.4 Å². The fraction of sp³-hybridized carbons (Fsp3) is 0.400. The zero-order valence-electron chi connectivity index (χ0n) is 21.0. The number of benzene rings is 3. The van der Waals surface area contributed by atoms with Crippen LogP contribution < -0.4 is 4.74 Å². The van der Waals surface area contributed by atoms with E-state index in [0.717, 1.165) is 40.0 Å². The quantitative estimate of drug-likeness (QED) is 0.360. The first-order chi connectivity index (χ1) is 16.2. The lowest BCUT2D eigenvalue weighted by atomic mass is 9.78. The Bertz CT molecular complexity index is 1100. The summed E-state index contributed by atoms with van der Waals surface area (Å²) < 4.78 is 6.09. The zero-order chi connectivity index (χ0) is 24.9. The predicted octanol–water partition coefficient (Wildman–Crippen LogP) is 6.09. The van der Waals surface area contributed by atoms with E-state index in [1.54, 1.807) is 0 Å². The molecule has 0 saturated heterocycles. The highest BCUT2D eigenvalue weighted by atomic mass is 16.5. The minimum absolute atomic E-state index is 0.0612. The molecule has 0 saturated carbocycles. The summed E-state index contributed by atoms with van der Waals surface area (Å²) in [6.45, 7) is 10.8. The molecule has 34 heavy (non-hydrogen) atoms. The summed E-state index contributed by atoms with van der Waals surface area (Å²) in [4.78, 5) is 0. The molecule has 0 fully saturated rings. The Morgan fingerprint density at radius 2 is 1.62 bits per heavy atom. The number of ether oxygens (including phenoxy) is 1. The number of hydrogen-bond acceptors (Lipinski definition) is 4. The van der Waals surface area contributed by atoms with Gasteiger partial charge in [-0.25, -0.2) is 0 Å². The highest BCUT2D eigenvalue weighted by molar-refractivity contribution is 5.70. The summed E-state index contributed by atoms with van der Waals surface area (Å²) in [7, 11) is 0. The molecule has 0 radical (unpaired) electrons.